The fourth-order valence-corrected chi connectivity index (χ4v) is 4.58. The van der Waals surface area contributed by atoms with Crippen LogP contribution in [0.2, 0.25) is 19.6 Å². The summed E-state index contributed by atoms with van der Waals surface area (Å²) in [4.78, 5) is 13.2. The van der Waals surface area contributed by atoms with Crippen molar-refractivity contribution in [1.29, 1.82) is 0 Å². The van der Waals surface area contributed by atoms with Crippen molar-refractivity contribution in [1.82, 2.24) is 4.98 Å². The molecule has 0 N–H and O–H groups in total. The minimum atomic E-state index is -1.32. The number of rotatable bonds is 2. The van der Waals surface area contributed by atoms with E-state index in [4.69, 9.17) is 9.72 Å². The van der Waals surface area contributed by atoms with Crippen LogP contribution in [0.5, 0.6) is 0 Å². The summed E-state index contributed by atoms with van der Waals surface area (Å²) in [7, 11) is -1.32. The van der Waals surface area contributed by atoms with Crippen LogP contribution < -0.4 is 4.90 Å². The third-order valence-electron chi connectivity index (χ3n) is 4.12. The van der Waals surface area contributed by atoms with Gasteiger partial charge in [0.25, 0.3) is 0 Å². The number of aliphatic imine (C=N–C) groups is 1. The van der Waals surface area contributed by atoms with Crippen molar-refractivity contribution >= 4 is 30.8 Å². The van der Waals surface area contributed by atoms with Crippen LogP contribution in [0.3, 0.4) is 0 Å². The van der Waals surface area contributed by atoms with E-state index in [1.165, 1.54) is 10.6 Å². The largest absolute Gasteiger partial charge is 0.377 e. The third kappa shape index (κ3) is 4.27. The molecule has 2 aliphatic heterocycles. The Morgan fingerprint density at radius 3 is 2.96 bits per heavy atom. The second-order valence-corrected chi connectivity index (χ2v) is 14.0. The van der Waals surface area contributed by atoms with Crippen molar-refractivity contribution in [2.45, 2.75) is 57.9 Å². The molecule has 6 heteroatoms. The van der Waals surface area contributed by atoms with E-state index in [1.807, 2.05) is 6.21 Å². The standard InChI is InChI=1S/C18H27N3OSSi/c1-18(2)11-15-16(12-19-18)23-17(20-15)21-8-9-22-13-14(21)7-6-10-24(3,4)5/h12,14H,7-9,11,13H2,1-5H3/t14-/m0/s1. The molecule has 3 heterocycles. The Morgan fingerprint density at radius 1 is 1.42 bits per heavy atom. The van der Waals surface area contributed by atoms with Gasteiger partial charge in [0, 0.05) is 25.6 Å². The number of ether oxygens (including phenoxy) is 1. The number of fused-ring (bicyclic) bond motifs is 1. The molecule has 0 radical (unpaired) electrons. The van der Waals surface area contributed by atoms with Crippen molar-refractivity contribution < 1.29 is 4.74 Å². The minimum Gasteiger partial charge on any atom is -0.377 e. The zero-order valence-electron chi connectivity index (χ0n) is 15.3. The van der Waals surface area contributed by atoms with Crippen LogP contribution in [0.4, 0.5) is 5.13 Å². The smallest absolute Gasteiger partial charge is 0.186 e. The number of anilines is 1. The molecule has 1 fully saturated rings. The average Bonchev–Trinajstić information content (AvgIpc) is 2.88. The predicted octanol–water partition coefficient (Wildman–Crippen LogP) is 3.37. The molecule has 0 saturated carbocycles. The lowest BCUT2D eigenvalue weighted by molar-refractivity contribution is 0.0953. The lowest BCUT2D eigenvalue weighted by Crippen LogP contribution is -2.45. The highest BCUT2D eigenvalue weighted by atomic mass is 32.1. The molecule has 0 aliphatic carbocycles. The molecule has 4 nitrogen and oxygen atoms in total. The van der Waals surface area contributed by atoms with Crippen LogP contribution in [-0.2, 0) is 11.2 Å². The van der Waals surface area contributed by atoms with Gasteiger partial charge in [0.1, 0.15) is 8.07 Å². The molecule has 24 heavy (non-hydrogen) atoms. The first-order valence-corrected chi connectivity index (χ1v) is 12.9. The highest BCUT2D eigenvalue weighted by molar-refractivity contribution is 7.17. The van der Waals surface area contributed by atoms with E-state index >= 15 is 0 Å². The van der Waals surface area contributed by atoms with Gasteiger partial charge in [0.2, 0.25) is 0 Å². The lowest BCUT2D eigenvalue weighted by atomic mass is 9.97. The fraction of sp³-hybridized carbons (Fsp3) is 0.667. The lowest BCUT2D eigenvalue weighted by Gasteiger charge is -2.34. The average molecular weight is 362 g/mol. The highest BCUT2D eigenvalue weighted by Gasteiger charge is 2.29. The number of hydrogen-bond donors (Lipinski definition) is 0. The van der Waals surface area contributed by atoms with Gasteiger partial charge >= 0.3 is 0 Å². The molecule has 1 saturated heterocycles. The fourth-order valence-electron chi connectivity index (χ4n) is 2.90. The Kier molecular flexibility index (Phi) is 4.87. The summed E-state index contributed by atoms with van der Waals surface area (Å²) in [5, 5.41) is 1.10. The van der Waals surface area contributed by atoms with Gasteiger partial charge in [-0.05, 0) is 13.8 Å². The number of aromatic nitrogens is 1. The van der Waals surface area contributed by atoms with Crippen molar-refractivity contribution in [2.75, 3.05) is 24.7 Å². The van der Waals surface area contributed by atoms with Crippen LogP contribution in [0.1, 0.15) is 30.8 Å². The van der Waals surface area contributed by atoms with E-state index in [1.54, 1.807) is 11.3 Å². The van der Waals surface area contributed by atoms with Crippen molar-refractivity contribution in [3.63, 3.8) is 0 Å². The van der Waals surface area contributed by atoms with E-state index in [-0.39, 0.29) is 5.54 Å². The molecule has 1 aromatic heterocycles. The van der Waals surface area contributed by atoms with Gasteiger partial charge in [-0.2, -0.15) is 0 Å². The van der Waals surface area contributed by atoms with Crippen LogP contribution in [0.15, 0.2) is 4.99 Å². The SMILES string of the molecule is CC1(C)Cc2nc(N3CCOC[C@@H]3CC#C[Si](C)(C)C)sc2C=N1. The van der Waals surface area contributed by atoms with Gasteiger partial charge in [-0.25, -0.2) is 4.98 Å². The van der Waals surface area contributed by atoms with Crippen LogP contribution in [-0.4, -0.2) is 50.6 Å². The van der Waals surface area contributed by atoms with Crippen LogP contribution in [0, 0.1) is 11.5 Å². The van der Waals surface area contributed by atoms with Crippen molar-refractivity contribution in [3.05, 3.63) is 10.6 Å². The summed E-state index contributed by atoms with van der Waals surface area (Å²) in [5.41, 5.74) is 4.62. The Morgan fingerprint density at radius 2 is 2.21 bits per heavy atom. The van der Waals surface area contributed by atoms with E-state index in [0.29, 0.717) is 6.04 Å². The molecule has 1 aromatic rings. The number of morpholine rings is 1. The Labute approximate surface area is 150 Å². The Balaban J connectivity index is 1.78. The molecule has 1 atom stereocenters. The maximum absolute atomic E-state index is 5.70. The van der Waals surface area contributed by atoms with Crippen molar-refractivity contribution in [3.8, 4) is 11.5 Å². The first-order chi connectivity index (χ1) is 11.2. The van der Waals surface area contributed by atoms with E-state index < -0.39 is 8.07 Å². The normalized spacial score (nSPS) is 22.7. The molecule has 2 aliphatic rings. The van der Waals surface area contributed by atoms with Crippen LogP contribution >= 0.6 is 11.3 Å². The molecular weight excluding hydrogens is 334 g/mol. The maximum Gasteiger partial charge on any atom is 0.186 e. The molecule has 130 valence electrons. The summed E-state index contributed by atoms with van der Waals surface area (Å²) in [6.07, 6.45) is 3.77. The van der Waals surface area contributed by atoms with Crippen molar-refractivity contribution in [2.24, 2.45) is 4.99 Å². The summed E-state index contributed by atoms with van der Waals surface area (Å²) >= 11 is 1.76. The Hall–Kier alpha value is -1.16. The topological polar surface area (TPSA) is 37.7 Å². The Bertz CT molecular complexity index is 693. The number of nitrogens with zero attached hydrogens (tertiary/aromatic N) is 3. The first-order valence-electron chi connectivity index (χ1n) is 8.63. The van der Waals surface area contributed by atoms with Gasteiger partial charge < -0.3 is 9.64 Å². The predicted molar refractivity (Wildman–Crippen MR) is 105 cm³/mol. The third-order valence-corrected chi connectivity index (χ3v) is 6.12. The summed E-state index contributed by atoms with van der Waals surface area (Å²) < 4.78 is 5.70. The zero-order valence-corrected chi connectivity index (χ0v) is 17.2. The molecule has 0 bridgehead atoms. The second-order valence-electron chi connectivity index (χ2n) is 8.23. The van der Waals surface area contributed by atoms with E-state index in [9.17, 15) is 0 Å². The molecule has 0 aromatic carbocycles. The summed E-state index contributed by atoms with van der Waals surface area (Å²) in [5.74, 6) is 3.41. The molecular formula is C18H27N3OSSi. The van der Waals surface area contributed by atoms with Gasteiger partial charge in [0.05, 0.1) is 35.4 Å². The summed E-state index contributed by atoms with van der Waals surface area (Å²) in [6.45, 7) is 13.6. The zero-order chi connectivity index (χ0) is 17.4. The molecule has 0 spiro atoms. The molecule has 0 unspecified atom stereocenters. The first kappa shape index (κ1) is 17.7. The van der Waals surface area contributed by atoms with E-state index in [0.717, 1.165) is 37.7 Å². The van der Waals surface area contributed by atoms with Gasteiger partial charge in [-0.1, -0.05) is 31.0 Å². The van der Waals surface area contributed by atoms with Crippen LogP contribution in [0.25, 0.3) is 0 Å². The van der Waals surface area contributed by atoms with Gasteiger partial charge in [0.15, 0.2) is 5.13 Å². The van der Waals surface area contributed by atoms with E-state index in [2.05, 4.69) is 54.8 Å². The monoisotopic (exact) mass is 361 g/mol. The van der Waals surface area contributed by atoms with Gasteiger partial charge in [-0.3, -0.25) is 4.99 Å². The molecule has 3 rings (SSSR count). The number of thiazole rings is 1. The highest BCUT2D eigenvalue weighted by Crippen LogP contribution is 2.33. The maximum atomic E-state index is 5.70. The second kappa shape index (κ2) is 6.62. The minimum absolute atomic E-state index is 0.0361. The van der Waals surface area contributed by atoms with Gasteiger partial charge in [-0.15, -0.1) is 11.5 Å². The molecule has 0 amide bonds. The summed E-state index contributed by atoms with van der Waals surface area (Å²) in [6, 6.07) is 0.306. The number of hydrogen-bond acceptors (Lipinski definition) is 5. The quantitative estimate of drug-likeness (QED) is 0.599.